The Morgan fingerprint density at radius 1 is 0.909 bits per heavy atom. The van der Waals surface area contributed by atoms with E-state index < -0.39 is 5.91 Å². The summed E-state index contributed by atoms with van der Waals surface area (Å²) in [6.45, 7) is 9.06. The van der Waals surface area contributed by atoms with Gasteiger partial charge in [-0.3, -0.25) is 9.59 Å². The Hall–Kier alpha value is -3.86. The maximum Gasteiger partial charge on any atom is 0.265 e. The molecule has 3 N–H and O–H groups in total. The van der Waals surface area contributed by atoms with E-state index in [9.17, 15) is 9.59 Å². The van der Waals surface area contributed by atoms with Crippen molar-refractivity contribution in [3.8, 4) is 0 Å². The number of nitrogens with one attached hydrogen (secondary N) is 1. The molecule has 0 aliphatic carbocycles. The monoisotopic (exact) mass is 439 g/mol. The van der Waals surface area contributed by atoms with Gasteiger partial charge in [-0.1, -0.05) is 62.7 Å². The molecular weight excluding hydrogens is 410 g/mol. The van der Waals surface area contributed by atoms with Crippen LogP contribution in [0.4, 0.5) is 5.69 Å². The number of amides is 2. The van der Waals surface area contributed by atoms with Crippen LogP contribution in [-0.4, -0.2) is 16.4 Å². The highest BCUT2D eigenvalue weighted by Gasteiger charge is 2.16. The zero-order valence-electron chi connectivity index (χ0n) is 19.5. The van der Waals surface area contributed by atoms with E-state index in [2.05, 4.69) is 50.4 Å². The van der Waals surface area contributed by atoms with Crippen LogP contribution in [0.25, 0.3) is 10.9 Å². The maximum atomic E-state index is 12.6. The molecule has 5 nitrogen and oxygen atoms in total. The Balaban J connectivity index is 1.63. The van der Waals surface area contributed by atoms with E-state index in [1.54, 1.807) is 18.2 Å². The molecule has 0 bridgehead atoms. The highest BCUT2D eigenvalue weighted by Crippen LogP contribution is 2.26. The van der Waals surface area contributed by atoms with Crippen molar-refractivity contribution >= 4 is 28.4 Å². The average Bonchev–Trinajstić information content (AvgIpc) is 3.12. The second kappa shape index (κ2) is 8.58. The van der Waals surface area contributed by atoms with Gasteiger partial charge in [0.05, 0.1) is 0 Å². The predicted molar refractivity (Wildman–Crippen MR) is 134 cm³/mol. The molecule has 33 heavy (non-hydrogen) atoms. The molecule has 5 heteroatoms. The number of aryl methyl sites for hydroxylation is 1. The van der Waals surface area contributed by atoms with E-state index >= 15 is 0 Å². The summed E-state index contributed by atoms with van der Waals surface area (Å²) in [5.41, 5.74) is 11.8. The lowest BCUT2D eigenvalue weighted by Crippen LogP contribution is -2.17. The molecule has 1 aromatic heterocycles. The standard InChI is InChI=1S/C28H29N3O2/c1-18-5-9-20(10-6-18)27(33)30-23-13-14-24-21(15-23)16-25(26(29)32)31(24)17-19-7-11-22(12-8-19)28(2,3)4/h5-16H,17H2,1-4H3,(H2,29,32)(H,30,33). The van der Waals surface area contributed by atoms with E-state index in [1.807, 2.05) is 41.8 Å². The minimum atomic E-state index is -0.484. The highest BCUT2D eigenvalue weighted by molar-refractivity contribution is 6.05. The van der Waals surface area contributed by atoms with Gasteiger partial charge in [0.2, 0.25) is 0 Å². The van der Waals surface area contributed by atoms with Gasteiger partial charge in [0.25, 0.3) is 11.8 Å². The van der Waals surface area contributed by atoms with Gasteiger partial charge in [-0.2, -0.15) is 0 Å². The van der Waals surface area contributed by atoms with E-state index in [0.29, 0.717) is 23.5 Å². The molecule has 0 unspecified atom stereocenters. The molecule has 0 saturated heterocycles. The molecular formula is C28H29N3O2. The molecule has 0 radical (unpaired) electrons. The quantitative estimate of drug-likeness (QED) is 0.422. The second-order valence-corrected chi connectivity index (χ2v) is 9.52. The maximum absolute atomic E-state index is 12.6. The Morgan fingerprint density at radius 2 is 1.58 bits per heavy atom. The molecule has 168 valence electrons. The summed E-state index contributed by atoms with van der Waals surface area (Å²) in [6, 6.07) is 23.3. The van der Waals surface area contributed by atoms with Crippen LogP contribution in [0.15, 0.2) is 72.8 Å². The van der Waals surface area contributed by atoms with Crippen molar-refractivity contribution in [1.82, 2.24) is 4.57 Å². The van der Waals surface area contributed by atoms with Crippen molar-refractivity contribution in [3.05, 3.63) is 101 Å². The Kier molecular flexibility index (Phi) is 5.81. The van der Waals surface area contributed by atoms with E-state index in [-0.39, 0.29) is 11.3 Å². The van der Waals surface area contributed by atoms with Crippen molar-refractivity contribution in [2.24, 2.45) is 5.73 Å². The van der Waals surface area contributed by atoms with E-state index in [0.717, 1.165) is 22.0 Å². The minimum Gasteiger partial charge on any atom is -0.364 e. The molecule has 0 aliphatic rings. The molecule has 3 aromatic carbocycles. The van der Waals surface area contributed by atoms with Gasteiger partial charge in [0, 0.05) is 28.7 Å². The molecule has 0 aliphatic heterocycles. The lowest BCUT2D eigenvalue weighted by atomic mass is 9.87. The first-order valence-electron chi connectivity index (χ1n) is 11.0. The van der Waals surface area contributed by atoms with Gasteiger partial charge in [0.1, 0.15) is 5.69 Å². The number of hydrogen-bond donors (Lipinski definition) is 2. The average molecular weight is 440 g/mol. The summed E-state index contributed by atoms with van der Waals surface area (Å²) < 4.78 is 1.93. The fourth-order valence-electron chi connectivity index (χ4n) is 3.92. The molecule has 4 rings (SSSR count). The molecule has 1 heterocycles. The summed E-state index contributed by atoms with van der Waals surface area (Å²) in [5, 5.41) is 3.78. The lowest BCUT2D eigenvalue weighted by Gasteiger charge is -2.19. The van der Waals surface area contributed by atoms with Gasteiger partial charge in [-0.05, 0) is 59.9 Å². The van der Waals surface area contributed by atoms with E-state index in [1.165, 1.54) is 5.56 Å². The number of anilines is 1. The summed E-state index contributed by atoms with van der Waals surface area (Å²) in [6.07, 6.45) is 0. The first-order chi connectivity index (χ1) is 15.6. The lowest BCUT2D eigenvalue weighted by molar-refractivity contribution is 0.0990. The highest BCUT2D eigenvalue weighted by atomic mass is 16.2. The zero-order chi connectivity index (χ0) is 23.8. The van der Waals surface area contributed by atoms with Gasteiger partial charge < -0.3 is 15.6 Å². The van der Waals surface area contributed by atoms with Crippen molar-refractivity contribution in [1.29, 1.82) is 0 Å². The normalized spacial score (nSPS) is 11.5. The Bertz CT molecular complexity index is 1320. The fourth-order valence-corrected chi connectivity index (χ4v) is 3.92. The smallest absolute Gasteiger partial charge is 0.265 e. The van der Waals surface area contributed by atoms with Gasteiger partial charge in [0.15, 0.2) is 0 Å². The van der Waals surface area contributed by atoms with Crippen LogP contribution in [-0.2, 0) is 12.0 Å². The van der Waals surface area contributed by atoms with Gasteiger partial charge >= 0.3 is 0 Å². The van der Waals surface area contributed by atoms with Crippen LogP contribution in [0.3, 0.4) is 0 Å². The summed E-state index contributed by atoms with van der Waals surface area (Å²) in [5.74, 6) is -0.661. The SMILES string of the molecule is Cc1ccc(C(=O)Nc2ccc3c(c2)cc(C(N)=O)n3Cc2ccc(C(C)(C)C)cc2)cc1. The third-order valence-electron chi connectivity index (χ3n) is 5.89. The molecule has 0 saturated carbocycles. The van der Waals surface area contributed by atoms with Gasteiger partial charge in [-0.25, -0.2) is 0 Å². The fraction of sp³-hybridized carbons (Fsp3) is 0.214. The third kappa shape index (κ3) is 4.82. The van der Waals surface area contributed by atoms with Crippen LogP contribution in [0.2, 0.25) is 0 Å². The number of carbonyl (C=O) groups is 2. The molecule has 2 amide bonds. The van der Waals surface area contributed by atoms with Gasteiger partial charge in [-0.15, -0.1) is 0 Å². The third-order valence-corrected chi connectivity index (χ3v) is 5.89. The topological polar surface area (TPSA) is 77.1 Å². The number of nitrogens with two attached hydrogens (primary N) is 1. The Morgan fingerprint density at radius 3 is 2.18 bits per heavy atom. The molecule has 4 aromatic rings. The Labute approximate surface area is 194 Å². The summed E-state index contributed by atoms with van der Waals surface area (Å²) >= 11 is 0. The number of benzene rings is 3. The van der Waals surface area contributed by atoms with Crippen molar-refractivity contribution in [3.63, 3.8) is 0 Å². The number of nitrogens with zero attached hydrogens (tertiary/aromatic N) is 1. The first kappa shape index (κ1) is 22.3. The van der Waals surface area contributed by atoms with Crippen molar-refractivity contribution in [2.45, 2.75) is 39.7 Å². The summed E-state index contributed by atoms with van der Waals surface area (Å²) in [4.78, 5) is 24.8. The number of primary amides is 1. The second-order valence-electron chi connectivity index (χ2n) is 9.52. The number of fused-ring (bicyclic) bond motifs is 1. The number of rotatable bonds is 5. The zero-order valence-corrected chi connectivity index (χ0v) is 19.5. The molecule has 0 atom stereocenters. The predicted octanol–water partition coefficient (Wildman–Crippen LogP) is 5.65. The van der Waals surface area contributed by atoms with Crippen LogP contribution in [0.5, 0.6) is 0 Å². The minimum absolute atomic E-state index is 0.0798. The van der Waals surface area contributed by atoms with Crippen LogP contribution in [0.1, 0.15) is 58.3 Å². The number of carbonyl (C=O) groups excluding carboxylic acids is 2. The van der Waals surface area contributed by atoms with Crippen molar-refractivity contribution in [2.75, 3.05) is 5.32 Å². The van der Waals surface area contributed by atoms with E-state index in [4.69, 9.17) is 5.73 Å². The van der Waals surface area contributed by atoms with Crippen LogP contribution in [0, 0.1) is 6.92 Å². The molecule has 0 fully saturated rings. The first-order valence-corrected chi connectivity index (χ1v) is 11.0. The van der Waals surface area contributed by atoms with Crippen LogP contribution >= 0.6 is 0 Å². The number of hydrogen-bond acceptors (Lipinski definition) is 2. The van der Waals surface area contributed by atoms with Crippen molar-refractivity contribution < 1.29 is 9.59 Å². The van der Waals surface area contributed by atoms with Crippen LogP contribution < -0.4 is 11.1 Å². The largest absolute Gasteiger partial charge is 0.364 e. The summed E-state index contributed by atoms with van der Waals surface area (Å²) in [7, 11) is 0. The molecule has 0 spiro atoms. The number of aromatic nitrogens is 1.